The molecule has 0 spiro atoms. The van der Waals surface area contributed by atoms with Crippen molar-refractivity contribution in [1.82, 2.24) is 14.5 Å². The maximum atomic E-state index is 5.07. The van der Waals surface area contributed by atoms with Crippen molar-refractivity contribution in [2.75, 3.05) is 0 Å². The molecule has 3 heteroatoms. The largest absolute Gasteiger partial charge is 0.309 e. The Morgan fingerprint density at radius 3 is 1.62 bits per heavy atom. The molecule has 2 heterocycles. The van der Waals surface area contributed by atoms with Gasteiger partial charge < -0.3 is 4.57 Å². The van der Waals surface area contributed by atoms with Crippen LogP contribution in [0.5, 0.6) is 0 Å². The average Bonchev–Trinajstić information content (AvgIpc) is 3.52. The Morgan fingerprint density at radius 1 is 0.377 bits per heavy atom. The highest BCUT2D eigenvalue weighted by Crippen LogP contribution is 2.43. The van der Waals surface area contributed by atoms with Gasteiger partial charge in [-0.1, -0.05) is 127 Å². The summed E-state index contributed by atoms with van der Waals surface area (Å²) in [6.45, 7) is 8.95. The van der Waals surface area contributed by atoms with Gasteiger partial charge in [0.2, 0.25) is 0 Å². The van der Waals surface area contributed by atoms with Gasteiger partial charge in [0.15, 0.2) is 5.82 Å². The molecule has 0 unspecified atom stereocenters. The van der Waals surface area contributed by atoms with Crippen molar-refractivity contribution in [2.45, 2.75) is 27.7 Å². The van der Waals surface area contributed by atoms with E-state index in [1.807, 2.05) is 24.3 Å². The third-order valence-corrected chi connectivity index (χ3v) is 10.6. The number of hydrogen-bond acceptors (Lipinski definition) is 2. The number of rotatable bonds is 6. The van der Waals surface area contributed by atoms with Gasteiger partial charge in [0.1, 0.15) is 0 Å². The third-order valence-electron chi connectivity index (χ3n) is 10.6. The molecular formula is C50H39N3. The molecule has 9 aromatic rings. The Morgan fingerprint density at radius 2 is 0.943 bits per heavy atom. The molecule has 7 aromatic carbocycles. The number of para-hydroxylation sites is 1. The van der Waals surface area contributed by atoms with Crippen molar-refractivity contribution in [2.24, 2.45) is 0 Å². The summed E-state index contributed by atoms with van der Waals surface area (Å²) in [4.78, 5) is 10.1. The summed E-state index contributed by atoms with van der Waals surface area (Å²) in [5, 5.41) is 2.49. The zero-order valence-electron chi connectivity index (χ0n) is 30.4. The minimum absolute atomic E-state index is 0.717. The van der Waals surface area contributed by atoms with Crippen LogP contribution in [0.1, 0.15) is 22.3 Å². The molecule has 0 atom stereocenters. The van der Waals surface area contributed by atoms with Gasteiger partial charge in [0.25, 0.3) is 0 Å². The fourth-order valence-corrected chi connectivity index (χ4v) is 7.88. The molecule has 9 rings (SSSR count). The zero-order chi connectivity index (χ0) is 36.1. The predicted octanol–water partition coefficient (Wildman–Crippen LogP) is 13.1. The lowest BCUT2D eigenvalue weighted by Gasteiger charge is -2.20. The van der Waals surface area contributed by atoms with Gasteiger partial charge in [-0.05, 0) is 109 Å². The summed E-state index contributed by atoms with van der Waals surface area (Å²) < 4.78 is 2.40. The van der Waals surface area contributed by atoms with Crippen LogP contribution in [0.3, 0.4) is 0 Å². The smallest absolute Gasteiger partial charge is 0.160 e. The van der Waals surface area contributed by atoms with Crippen LogP contribution in [-0.4, -0.2) is 14.5 Å². The minimum Gasteiger partial charge on any atom is -0.309 e. The summed E-state index contributed by atoms with van der Waals surface area (Å²) in [5.41, 5.74) is 18.7. The molecule has 0 aliphatic heterocycles. The summed E-state index contributed by atoms with van der Waals surface area (Å²) in [6, 6.07) is 58.3. The summed E-state index contributed by atoms with van der Waals surface area (Å²) in [7, 11) is 0. The van der Waals surface area contributed by atoms with Crippen LogP contribution in [0.2, 0.25) is 0 Å². The standard InChI is InChI=1S/C50H39N3/c1-32-15-11-12-20-40(32)48-33(2)23-24-34(3)49(48)42-30-43-41-21-13-14-22-46(41)53(47(43)29-35(42)4)39-27-25-37(26-28-39)45-31-44(36-16-7-5-8-17-36)51-50(52-45)38-18-9-6-10-19-38/h5-31H,1-4H3. The van der Waals surface area contributed by atoms with Crippen LogP contribution in [0, 0.1) is 27.7 Å². The second kappa shape index (κ2) is 13.2. The van der Waals surface area contributed by atoms with E-state index in [1.54, 1.807) is 0 Å². The Balaban J connectivity index is 1.19. The number of hydrogen-bond donors (Lipinski definition) is 0. The highest BCUT2D eigenvalue weighted by molar-refractivity contribution is 6.11. The Kier molecular flexibility index (Phi) is 8.05. The number of nitrogens with zero attached hydrogens (tertiary/aromatic N) is 3. The van der Waals surface area contributed by atoms with E-state index in [-0.39, 0.29) is 0 Å². The lowest BCUT2D eigenvalue weighted by molar-refractivity contribution is 1.17. The van der Waals surface area contributed by atoms with Gasteiger partial charge in [-0.25, -0.2) is 9.97 Å². The van der Waals surface area contributed by atoms with Crippen LogP contribution in [0.4, 0.5) is 0 Å². The number of benzene rings is 7. The van der Waals surface area contributed by atoms with E-state index in [1.165, 1.54) is 66.3 Å². The fourth-order valence-electron chi connectivity index (χ4n) is 7.88. The quantitative estimate of drug-likeness (QED) is 0.175. The molecule has 0 aliphatic carbocycles. The van der Waals surface area contributed by atoms with Gasteiger partial charge in [0, 0.05) is 33.2 Å². The van der Waals surface area contributed by atoms with E-state index in [9.17, 15) is 0 Å². The monoisotopic (exact) mass is 681 g/mol. The first-order valence-corrected chi connectivity index (χ1v) is 18.3. The normalized spacial score (nSPS) is 11.4. The van der Waals surface area contributed by atoms with Crippen LogP contribution < -0.4 is 0 Å². The Labute approximate surface area is 310 Å². The molecule has 0 amide bonds. The van der Waals surface area contributed by atoms with E-state index in [0.717, 1.165) is 33.8 Å². The van der Waals surface area contributed by atoms with Gasteiger partial charge in [-0.3, -0.25) is 0 Å². The number of fused-ring (bicyclic) bond motifs is 3. The topological polar surface area (TPSA) is 30.7 Å². The third kappa shape index (κ3) is 5.71. The summed E-state index contributed by atoms with van der Waals surface area (Å²) in [6.07, 6.45) is 0. The van der Waals surface area contributed by atoms with Crippen molar-refractivity contribution in [3.63, 3.8) is 0 Å². The molecule has 0 bridgehead atoms. The minimum atomic E-state index is 0.717. The van der Waals surface area contributed by atoms with Gasteiger partial charge in [0.05, 0.1) is 22.4 Å². The highest BCUT2D eigenvalue weighted by Gasteiger charge is 2.20. The van der Waals surface area contributed by atoms with Crippen molar-refractivity contribution in [3.8, 4) is 61.8 Å². The van der Waals surface area contributed by atoms with E-state index in [4.69, 9.17) is 9.97 Å². The fraction of sp³-hybridized carbons (Fsp3) is 0.0800. The summed E-state index contributed by atoms with van der Waals surface area (Å²) in [5.74, 6) is 0.717. The molecule has 2 aromatic heterocycles. The first kappa shape index (κ1) is 32.3. The molecule has 254 valence electrons. The number of aromatic nitrogens is 3. The molecule has 3 nitrogen and oxygen atoms in total. The lowest BCUT2D eigenvalue weighted by Crippen LogP contribution is -1.98. The Hall–Kier alpha value is -6.58. The van der Waals surface area contributed by atoms with Crippen LogP contribution in [0.25, 0.3) is 83.6 Å². The predicted molar refractivity (Wildman–Crippen MR) is 222 cm³/mol. The van der Waals surface area contributed by atoms with Crippen molar-refractivity contribution < 1.29 is 0 Å². The first-order chi connectivity index (χ1) is 25.9. The van der Waals surface area contributed by atoms with Crippen molar-refractivity contribution in [1.29, 1.82) is 0 Å². The van der Waals surface area contributed by atoms with E-state index < -0.39 is 0 Å². The molecule has 53 heavy (non-hydrogen) atoms. The second-order valence-electron chi connectivity index (χ2n) is 14.0. The van der Waals surface area contributed by atoms with E-state index >= 15 is 0 Å². The molecule has 0 saturated heterocycles. The van der Waals surface area contributed by atoms with Crippen LogP contribution in [0.15, 0.2) is 164 Å². The molecule has 0 aliphatic rings. The lowest BCUT2D eigenvalue weighted by atomic mass is 9.84. The first-order valence-electron chi connectivity index (χ1n) is 18.3. The molecule has 0 saturated carbocycles. The zero-order valence-corrected chi connectivity index (χ0v) is 30.4. The summed E-state index contributed by atoms with van der Waals surface area (Å²) >= 11 is 0. The van der Waals surface area contributed by atoms with Gasteiger partial charge in [-0.2, -0.15) is 0 Å². The average molecular weight is 682 g/mol. The Bertz CT molecular complexity index is 2740. The SMILES string of the molecule is Cc1ccccc1-c1c(C)ccc(C)c1-c1cc2c3ccccc3n(-c3ccc(-c4cc(-c5ccccc5)nc(-c5ccccc5)n4)cc3)c2cc1C. The molecule has 0 N–H and O–H groups in total. The van der Waals surface area contributed by atoms with E-state index in [2.05, 4.69) is 172 Å². The van der Waals surface area contributed by atoms with Gasteiger partial charge >= 0.3 is 0 Å². The molecule has 0 radical (unpaired) electrons. The van der Waals surface area contributed by atoms with Crippen molar-refractivity contribution in [3.05, 3.63) is 186 Å². The number of aryl methyl sites for hydroxylation is 4. The molecular weight excluding hydrogens is 643 g/mol. The highest BCUT2D eigenvalue weighted by atomic mass is 15.0. The van der Waals surface area contributed by atoms with Crippen molar-refractivity contribution >= 4 is 21.8 Å². The van der Waals surface area contributed by atoms with Crippen LogP contribution in [-0.2, 0) is 0 Å². The van der Waals surface area contributed by atoms with Gasteiger partial charge in [-0.15, -0.1) is 0 Å². The molecule has 0 fully saturated rings. The maximum Gasteiger partial charge on any atom is 0.160 e. The van der Waals surface area contributed by atoms with E-state index in [0.29, 0.717) is 5.82 Å². The maximum absolute atomic E-state index is 5.07. The van der Waals surface area contributed by atoms with Crippen LogP contribution >= 0.6 is 0 Å². The second-order valence-corrected chi connectivity index (χ2v) is 14.0.